The normalized spacial score (nSPS) is 17.9. The summed E-state index contributed by atoms with van der Waals surface area (Å²) in [4.78, 5) is 0. The molecule has 1 saturated heterocycles. The number of hydrogen-bond acceptors (Lipinski definition) is 4. The molecule has 0 radical (unpaired) electrons. The van der Waals surface area contributed by atoms with Gasteiger partial charge >= 0.3 is 0 Å². The lowest BCUT2D eigenvalue weighted by Gasteiger charge is -2.29. The second-order valence-electron chi connectivity index (χ2n) is 8.64. The molecular formula is C28H28BF3O4. The van der Waals surface area contributed by atoms with Crippen LogP contribution >= 0.6 is 0 Å². The molecule has 0 aliphatic carbocycles. The summed E-state index contributed by atoms with van der Waals surface area (Å²) in [6.45, 7) is 2.93. The van der Waals surface area contributed by atoms with E-state index in [2.05, 4.69) is 0 Å². The third kappa shape index (κ3) is 6.01. The Kier molecular flexibility index (Phi) is 8.86. The number of hydrogen-bond donors (Lipinski definition) is 1. The van der Waals surface area contributed by atoms with Crippen molar-refractivity contribution in [3.05, 3.63) is 89.8 Å². The van der Waals surface area contributed by atoms with Crippen molar-refractivity contribution in [2.45, 2.75) is 26.0 Å². The second kappa shape index (κ2) is 12.3. The van der Waals surface area contributed by atoms with E-state index in [4.69, 9.17) is 19.2 Å². The first-order valence-electron chi connectivity index (χ1n) is 12.0. The van der Waals surface area contributed by atoms with Crippen LogP contribution in [0.15, 0.2) is 66.7 Å². The lowest BCUT2D eigenvalue weighted by atomic mass is 9.86. The van der Waals surface area contributed by atoms with Crippen molar-refractivity contribution in [1.29, 1.82) is 0 Å². The minimum atomic E-state index is -1.02. The molecule has 0 atom stereocenters. The van der Waals surface area contributed by atoms with E-state index in [0.29, 0.717) is 42.6 Å². The first kappa shape index (κ1) is 26.0. The highest BCUT2D eigenvalue weighted by atomic mass is 19.2. The van der Waals surface area contributed by atoms with Gasteiger partial charge in [-0.25, -0.2) is 8.78 Å². The second-order valence-corrected chi connectivity index (χ2v) is 8.64. The summed E-state index contributed by atoms with van der Waals surface area (Å²) < 4.78 is 60.7. The number of halogens is 3. The zero-order chi connectivity index (χ0) is 25.5. The topological polar surface area (TPSA) is 47.9 Å². The first-order chi connectivity index (χ1) is 17.5. The summed E-state index contributed by atoms with van der Waals surface area (Å²) in [6, 6.07) is 14.5. The van der Waals surface area contributed by atoms with Crippen LogP contribution in [0.3, 0.4) is 0 Å². The van der Waals surface area contributed by atoms with Crippen LogP contribution in [-0.4, -0.2) is 32.3 Å². The molecule has 4 nitrogen and oxygen atoms in total. The van der Waals surface area contributed by atoms with Crippen molar-refractivity contribution >= 4 is 7.48 Å². The van der Waals surface area contributed by atoms with Crippen LogP contribution < -0.4 is 4.74 Å². The van der Waals surface area contributed by atoms with Gasteiger partial charge in [0.05, 0.1) is 19.8 Å². The fourth-order valence-electron chi connectivity index (χ4n) is 4.08. The summed E-state index contributed by atoms with van der Waals surface area (Å²) in [7, 11) is 0.0579. The van der Waals surface area contributed by atoms with Gasteiger partial charge in [-0.05, 0) is 54.6 Å². The Morgan fingerprint density at radius 2 is 1.64 bits per heavy atom. The van der Waals surface area contributed by atoms with E-state index in [9.17, 15) is 13.2 Å². The molecule has 0 saturated carbocycles. The first-order valence-corrected chi connectivity index (χ1v) is 12.0. The lowest BCUT2D eigenvalue weighted by Crippen LogP contribution is -2.28. The van der Waals surface area contributed by atoms with Gasteiger partial charge < -0.3 is 19.2 Å². The number of ether oxygens (including phenoxy) is 3. The Morgan fingerprint density at radius 3 is 2.31 bits per heavy atom. The number of benzene rings is 3. The minimum absolute atomic E-state index is 0.0579. The third-order valence-electron chi connectivity index (χ3n) is 6.11. The molecule has 0 unspecified atom stereocenters. The lowest BCUT2D eigenvalue weighted by molar-refractivity contribution is -0.203. The molecule has 8 heteroatoms. The predicted molar refractivity (Wildman–Crippen MR) is 134 cm³/mol. The van der Waals surface area contributed by atoms with Crippen molar-refractivity contribution in [3.8, 4) is 28.0 Å². The van der Waals surface area contributed by atoms with Crippen LogP contribution in [0, 0.1) is 23.4 Å². The van der Waals surface area contributed by atoms with Gasteiger partial charge in [0.15, 0.2) is 17.9 Å². The predicted octanol–water partition coefficient (Wildman–Crippen LogP) is 6.21. The highest BCUT2D eigenvalue weighted by Crippen LogP contribution is 2.33. The Labute approximate surface area is 209 Å². The van der Waals surface area contributed by atoms with Gasteiger partial charge in [0.1, 0.15) is 5.82 Å². The fraction of sp³-hybridized carbons (Fsp3) is 0.286. The molecule has 1 aliphatic rings. The standard InChI is InChI=1S/C28H28BF3O4/c1-2-3-4-13-34-25-12-11-22(26(31)27(25)32)20-7-5-19(6-8-20)21-9-10-23(24(30)14-21)28-35-16-18(15-29-33)17-36-28/h2-3,5-12,14,18,28-29,33H,4,13,15-17H2,1H3/b3-2-. The molecule has 0 spiro atoms. The largest absolute Gasteiger partial charge is 0.490 e. The average molecular weight is 496 g/mol. The van der Waals surface area contributed by atoms with Gasteiger partial charge in [-0.1, -0.05) is 48.6 Å². The summed E-state index contributed by atoms with van der Waals surface area (Å²) in [5, 5.41) is 9.03. The van der Waals surface area contributed by atoms with Crippen molar-refractivity contribution in [1.82, 2.24) is 0 Å². The van der Waals surface area contributed by atoms with Gasteiger partial charge in [0, 0.05) is 17.0 Å². The maximum absolute atomic E-state index is 14.9. The highest BCUT2D eigenvalue weighted by molar-refractivity contribution is 6.25. The van der Waals surface area contributed by atoms with E-state index >= 15 is 0 Å². The summed E-state index contributed by atoms with van der Waals surface area (Å²) in [5.41, 5.74) is 2.28. The zero-order valence-electron chi connectivity index (χ0n) is 20.1. The molecule has 1 fully saturated rings. The molecule has 3 aromatic rings. The molecule has 3 aromatic carbocycles. The van der Waals surface area contributed by atoms with Crippen molar-refractivity contribution < 1.29 is 32.4 Å². The van der Waals surface area contributed by atoms with Crippen LogP contribution in [0.2, 0.25) is 6.32 Å². The molecule has 188 valence electrons. The summed E-state index contributed by atoms with van der Waals surface area (Å²) >= 11 is 0. The van der Waals surface area contributed by atoms with Crippen LogP contribution in [0.25, 0.3) is 22.3 Å². The molecule has 0 aromatic heterocycles. The zero-order valence-corrected chi connectivity index (χ0v) is 20.1. The third-order valence-corrected chi connectivity index (χ3v) is 6.11. The van der Waals surface area contributed by atoms with Gasteiger partial charge in [-0.3, -0.25) is 0 Å². The van der Waals surface area contributed by atoms with E-state index in [0.717, 1.165) is 5.56 Å². The molecule has 0 bridgehead atoms. The molecule has 4 rings (SSSR count). The Hall–Kier alpha value is -3.07. The van der Waals surface area contributed by atoms with Gasteiger partial charge in [0.25, 0.3) is 7.48 Å². The van der Waals surface area contributed by atoms with Crippen LogP contribution in [0.1, 0.15) is 25.2 Å². The van der Waals surface area contributed by atoms with E-state index in [1.54, 1.807) is 36.4 Å². The molecule has 1 N–H and O–H groups in total. The molecule has 0 amide bonds. The average Bonchev–Trinajstić information content (AvgIpc) is 2.90. The van der Waals surface area contributed by atoms with E-state index in [-0.39, 0.29) is 31.3 Å². The molecular weight excluding hydrogens is 468 g/mol. The van der Waals surface area contributed by atoms with Crippen LogP contribution in [-0.2, 0) is 9.47 Å². The summed E-state index contributed by atoms with van der Waals surface area (Å²) in [6.07, 6.45) is 4.15. The number of rotatable bonds is 9. The Balaban J connectivity index is 1.46. The maximum Gasteiger partial charge on any atom is 0.271 e. The van der Waals surface area contributed by atoms with Crippen molar-refractivity contribution in [2.24, 2.45) is 5.92 Å². The quantitative estimate of drug-likeness (QED) is 0.218. The highest BCUT2D eigenvalue weighted by Gasteiger charge is 2.26. The molecule has 1 aliphatic heterocycles. The van der Waals surface area contributed by atoms with E-state index < -0.39 is 23.7 Å². The van der Waals surface area contributed by atoms with Gasteiger partial charge in [0.2, 0.25) is 5.82 Å². The van der Waals surface area contributed by atoms with Crippen molar-refractivity contribution in [3.63, 3.8) is 0 Å². The van der Waals surface area contributed by atoms with E-state index in [1.807, 2.05) is 19.1 Å². The smallest absolute Gasteiger partial charge is 0.271 e. The fourth-order valence-corrected chi connectivity index (χ4v) is 4.08. The Bertz CT molecular complexity index is 1190. The molecule has 1 heterocycles. The minimum Gasteiger partial charge on any atom is -0.490 e. The van der Waals surface area contributed by atoms with Gasteiger partial charge in [-0.2, -0.15) is 4.39 Å². The Morgan fingerprint density at radius 1 is 0.944 bits per heavy atom. The van der Waals surface area contributed by atoms with Crippen LogP contribution in [0.5, 0.6) is 5.75 Å². The summed E-state index contributed by atoms with van der Waals surface area (Å²) in [5.74, 6) is -2.49. The molecule has 36 heavy (non-hydrogen) atoms. The van der Waals surface area contributed by atoms with E-state index in [1.165, 1.54) is 18.2 Å². The maximum atomic E-state index is 14.9. The SMILES string of the molecule is C/C=C\CCOc1ccc(-c2ccc(-c3ccc(C4OCC(CBO)CO4)c(F)c3)cc2)c(F)c1F. The van der Waals surface area contributed by atoms with Gasteiger partial charge in [-0.15, -0.1) is 0 Å². The van der Waals surface area contributed by atoms with Crippen LogP contribution in [0.4, 0.5) is 13.2 Å². The van der Waals surface area contributed by atoms with Crippen molar-refractivity contribution in [2.75, 3.05) is 19.8 Å². The number of allylic oxidation sites excluding steroid dienone is 1. The monoisotopic (exact) mass is 496 g/mol.